The Labute approximate surface area is 159 Å². The van der Waals surface area contributed by atoms with Gasteiger partial charge in [0.25, 0.3) is 5.56 Å². The molecule has 1 aromatic carbocycles. The number of thiazole rings is 1. The second kappa shape index (κ2) is 7.05. The first-order valence-corrected chi connectivity index (χ1v) is 9.42. The van der Waals surface area contributed by atoms with E-state index in [-0.39, 0.29) is 11.7 Å². The maximum absolute atomic E-state index is 12.9. The van der Waals surface area contributed by atoms with Crippen LogP contribution in [0.5, 0.6) is 0 Å². The zero-order valence-electron chi connectivity index (χ0n) is 15.3. The van der Waals surface area contributed by atoms with Gasteiger partial charge in [-0.2, -0.15) is 5.10 Å². The van der Waals surface area contributed by atoms with Gasteiger partial charge in [-0.25, -0.2) is 14.6 Å². The molecular formula is C19H19N5O2S. The minimum Gasteiger partial charge on any atom is -0.375 e. The lowest BCUT2D eigenvalue weighted by atomic mass is 10.2. The van der Waals surface area contributed by atoms with Crippen LogP contribution in [0.1, 0.15) is 29.3 Å². The van der Waals surface area contributed by atoms with Crippen molar-refractivity contribution in [2.24, 2.45) is 0 Å². The van der Waals surface area contributed by atoms with Gasteiger partial charge in [0.1, 0.15) is 22.8 Å². The fraction of sp³-hybridized carbons (Fsp3) is 0.263. The summed E-state index contributed by atoms with van der Waals surface area (Å²) in [5, 5.41) is 7.71. The molecule has 0 amide bonds. The van der Waals surface area contributed by atoms with Crippen LogP contribution < -0.4 is 5.56 Å². The summed E-state index contributed by atoms with van der Waals surface area (Å²) >= 11 is 1.53. The van der Waals surface area contributed by atoms with Crippen LogP contribution in [-0.2, 0) is 11.3 Å². The molecule has 0 saturated heterocycles. The fourth-order valence-electron chi connectivity index (χ4n) is 2.90. The molecule has 7 nitrogen and oxygen atoms in total. The molecule has 8 heteroatoms. The van der Waals surface area contributed by atoms with Gasteiger partial charge in [-0.1, -0.05) is 18.2 Å². The fourth-order valence-corrected chi connectivity index (χ4v) is 3.74. The van der Waals surface area contributed by atoms with Crippen LogP contribution in [0, 0.1) is 6.92 Å². The van der Waals surface area contributed by atoms with E-state index in [4.69, 9.17) is 4.74 Å². The number of benzene rings is 1. The molecule has 4 rings (SSSR count). The Bertz CT molecular complexity index is 1160. The van der Waals surface area contributed by atoms with Gasteiger partial charge in [-0.15, -0.1) is 11.3 Å². The van der Waals surface area contributed by atoms with Crippen molar-refractivity contribution in [2.45, 2.75) is 26.5 Å². The SMILES string of the molecule is COC(C)c1nc(Cn2cnc3c(cnn3-c3ccccc3C)c2=O)cs1. The number of nitrogens with zero attached hydrogens (tertiary/aromatic N) is 5. The number of fused-ring (bicyclic) bond motifs is 1. The molecule has 1 atom stereocenters. The van der Waals surface area contributed by atoms with Crippen LogP contribution >= 0.6 is 11.3 Å². The van der Waals surface area contributed by atoms with E-state index in [0.29, 0.717) is 17.6 Å². The van der Waals surface area contributed by atoms with E-state index in [2.05, 4.69) is 15.1 Å². The lowest BCUT2D eigenvalue weighted by molar-refractivity contribution is 0.119. The second-order valence-electron chi connectivity index (χ2n) is 6.31. The zero-order chi connectivity index (χ0) is 19.0. The Hall–Kier alpha value is -2.84. The van der Waals surface area contributed by atoms with Gasteiger partial charge in [0.2, 0.25) is 0 Å². The summed E-state index contributed by atoms with van der Waals surface area (Å²) in [6, 6.07) is 7.88. The highest BCUT2D eigenvalue weighted by atomic mass is 32.1. The van der Waals surface area contributed by atoms with E-state index < -0.39 is 0 Å². The predicted molar refractivity (Wildman–Crippen MR) is 105 cm³/mol. The molecule has 3 aromatic heterocycles. The number of ether oxygens (including phenoxy) is 1. The normalized spacial score (nSPS) is 12.6. The maximum Gasteiger partial charge on any atom is 0.264 e. The molecule has 27 heavy (non-hydrogen) atoms. The topological polar surface area (TPSA) is 74.8 Å². The summed E-state index contributed by atoms with van der Waals surface area (Å²) in [5.74, 6) is 0. The molecular weight excluding hydrogens is 362 g/mol. The number of aryl methyl sites for hydroxylation is 1. The third kappa shape index (κ3) is 3.17. The Morgan fingerprint density at radius 3 is 2.89 bits per heavy atom. The van der Waals surface area contributed by atoms with Crippen LogP contribution in [0.2, 0.25) is 0 Å². The van der Waals surface area contributed by atoms with Crippen LogP contribution in [0.4, 0.5) is 0 Å². The third-order valence-electron chi connectivity index (χ3n) is 4.50. The van der Waals surface area contributed by atoms with Crippen molar-refractivity contribution in [1.82, 2.24) is 24.3 Å². The van der Waals surface area contributed by atoms with Crippen LogP contribution in [0.25, 0.3) is 16.7 Å². The minimum absolute atomic E-state index is 0.0616. The molecule has 0 saturated carbocycles. The van der Waals surface area contributed by atoms with Crippen molar-refractivity contribution in [3.63, 3.8) is 0 Å². The van der Waals surface area contributed by atoms with Gasteiger partial charge in [-0.05, 0) is 25.5 Å². The predicted octanol–water partition coefficient (Wildman–Crippen LogP) is 3.10. The van der Waals surface area contributed by atoms with E-state index in [1.165, 1.54) is 11.3 Å². The van der Waals surface area contributed by atoms with E-state index in [0.717, 1.165) is 22.0 Å². The van der Waals surface area contributed by atoms with Gasteiger partial charge in [0.15, 0.2) is 5.65 Å². The number of aromatic nitrogens is 5. The molecule has 0 aliphatic rings. The van der Waals surface area contributed by atoms with Crippen molar-refractivity contribution in [2.75, 3.05) is 7.11 Å². The molecule has 0 aliphatic heterocycles. The first kappa shape index (κ1) is 17.6. The standard InChI is InChI=1S/C19H19N5O2S/c1-12-6-4-5-7-16(12)24-17-15(8-21-24)19(25)23(11-20-17)9-14-10-27-18(22-14)13(2)26-3/h4-8,10-11,13H,9H2,1-3H3. The Morgan fingerprint density at radius 1 is 1.30 bits per heavy atom. The van der Waals surface area contributed by atoms with Crippen LogP contribution in [0.3, 0.4) is 0 Å². The molecule has 0 bridgehead atoms. The smallest absolute Gasteiger partial charge is 0.264 e. The summed E-state index contributed by atoms with van der Waals surface area (Å²) in [4.78, 5) is 21.9. The molecule has 0 aliphatic carbocycles. The highest BCUT2D eigenvalue weighted by molar-refractivity contribution is 7.09. The molecule has 0 N–H and O–H groups in total. The highest BCUT2D eigenvalue weighted by Crippen LogP contribution is 2.21. The number of rotatable bonds is 5. The largest absolute Gasteiger partial charge is 0.375 e. The first-order valence-electron chi connectivity index (χ1n) is 8.54. The monoisotopic (exact) mass is 381 g/mol. The third-order valence-corrected chi connectivity index (χ3v) is 5.56. The van der Waals surface area contributed by atoms with Gasteiger partial charge in [0.05, 0.1) is 24.1 Å². The summed E-state index contributed by atoms with van der Waals surface area (Å²) in [6.45, 7) is 4.32. The molecule has 4 aromatic rings. The van der Waals surface area contributed by atoms with Crippen molar-refractivity contribution >= 4 is 22.4 Å². The Kier molecular flexibility index (Phi) is 4.59. The summed E-state index contributed by atoms with van der Waals surface area (Å²) < 4.78 is 8.56. The summed E-state index contributed by atoms with van der Waals surface area (Å²) in [5.41, 5.74) is 3.21. The molecule has 1 unspecified atom stereocenters. The number of hydrogen-bond acceptors (Lipinski definition) is 6. The second-order valence-corrected chi connectivity index (χ2v) is 7.20. The quantitative estimate of drug-likeness (QED) is 0.531. The van der Waals surface area contributed by atoms with Crippen molar-refractivity contribution in [3.05, 3.63) is 68.8 Å². The van der Waals surface area contributed by atoms with Crippen molar-refractivity contribution < 1.29 is 4.74 Å². The first-order chi connectivity index (χ1) is 13.1. The molecule has 138 valence electrons. The molecule has 0 fully saturated rings. The number of para-hydroxylation sites is 1. The average Bonchev–Trinajstić information content (AvgIpc) is 3.31. The van der Waals surface area contributed by atoms with Crippen molar-refractivity contribution in [3.8, 4) is 5.69 Å². The van der Waals surface area contributed by atoms with Crippen LogP contribution in [-0.4, -0.2) is 31.4 Å². The minimum atomic E-state index is -0.130. The average molecular weight is 381 g/mol. The Balaban J connectivity index is 1.71. The summed E-state index contributed by atoms with van der Waals surface area (Å²) in [6.07, 6.45) is 3.07. The van der Waals surface area contributed by atoms with E-state index >= 15 is 0 Å². The summed E-state index contributed by atoms with van der Waals surface area (Å²) in [7, 11) is 1.65. The molecule has 3 heterocycles. The van der Waals surface area contributed by atoms with Gasteiger partial charge in [-0.3, -0.25) is 9.36 Å². The van der Waals surface area contributed by atoms with E-state index in [1.807, 2.05) is 43.5 Å². The maximum atomic E-state index is 12.9. The highest BCUT2D eigenvalue weighted by Gasteiger charge is 2.14. The number of methoxy groups -OCH3 is 1. The van der Waals surface area contributed by atoms with Crippen LogP contribution in [0.15, 0.2) is 47.0 Å². The van der Waals surface area contributed by atoms with Gasteiger partial charge < -0.3 is 4.74 Å². The van der Waals surface area contributed by atoms with E-state index in [9.17, 15) is 4.79 Å². The number of hydrogen-bond donors (Lipinski definition) is 0. The van der Waals surface area contributed by atoms with Gasteiger partial charge >= 0.3 is 0 Å². The Morgan fingerprint density at radius 2 is 2.11 bits per heavy atom. The lowest BCUT2D eigenvalue weighted by Gasteiger charge is -2.07. The van der Waals surface area contributed by atoms with E-state index in [1.54, 1.807) is 28.9 Å². The molecule has 0 radical (unpaired) electrons. The van der Waals surface area contributed by atoms with Gasteiger partial charge in [0, 0.05) is 12.5 Å². The zero-order valence-corrected chi connectivity index (χ0v) is 16.1. The lowest BCUT2D eigenvalue weighted by Crippen LogP contribution is -2.21. The van der Waals surface area contributed by atoms with Crippen molar-refractivity contribution in [1.29, 1.82) is 0 Å². The molecule has 0 spiro atoms.